The Morgan fingerprint density at radius 2 is 1.47 bits per heavy atom. The summed E-state index contributed by atoms with van der Waals surface area (Å²) in [6.07, 6.45) is 10.3. The molecule has 4 nitrogen and oxygen atoms in total. The molecule has 0 saturated carbocycles. The molecule has 1 fully saturated rings. The van der Waals surface area contributed by atoms with Crippen LogP contribution in [0.1, 0.15) is 94.0 Å². The van der Waals surface area contributed by atoms with Crippen LogP contribution in [0.25, 0.3) is 0 Å². The Balaban J connectivity index is 1.43. The second-order valence-electron chi connectivity index (χ2n) is 10.4. The maximum Gasteiger partial charge on any atom is 0.162 e. The fraction of sp³-hybridized carbons (Fsp3) is 0.581. The van der Waals surface area contributed by atoms with E-state index in [1.54, 1.807) is 0 Å². The lowest BCUT2D eigenvalue weighted by Crippen LogP contribution is -2.42. The molecular formula is C31H45ClN2O2. The van der Waals surface area contributed by atoms with Gasteiger partial charge in [0, 0.05) is 48.9 Å². The van der Waals surface area contributed by atoms with E-state index in [1.165, 1.54) is 44.2 Å². The zero-order valence-electron chi connectivity index (χ0n) is 22.4. The molecule has 0 atom stereocenters. The summed E-state index contributed by atoms with van der Waals surface area (Å²) in [5, 5.41) is 11.8. The number of Topliss-reactive ketones (excluding diaryl/α,β-unsaturated/α-hetero) is 1. The van der Waals surface area contributed by atoms with Gasteiger partial charge in [-0.3, -0.25) is 4.79 Å². The van der Waals surface area contributed by atoms with Gasteiger partial charge in [-0.1, -0.05) is 63.3 Å². The number of hydrogen-bond acceptors (Lipinski definition) is 4. The standard InChI is InChI=1S/C31H45ClN2O2/c1-3-5-7-22-34(23-8-6-4-2)29-17-11-26(12-18-29)30(35)10-9-21-33-24-19-31(36,20-25-33)27-13-15-28(32)16-14-27/h11-18,36H,3-10,19-25H2,1-2H3. The van der Waals surface area contributed by atoms with E-state index >= 15 is 0 Å². The van der Waals surface area contributed by atoms with Crippen LogP contribution in [0.3, 0.4) is 0 Å². The van der Waals surface area contributed by atoms with E-state index in [-0.39, 0.29) is 5.78 Å². The molecule has 0 amide bonds. The molecule has 1 aliphatic rings. The third-order valence-electron chi connectivity index (χ3n) is 7.56. The number of aliphatic hydroxyl groups is 1. The Labute approximate surface area is 223 Å². The summed E-state index contributed by atoms with van der Waals surface area (Å²) in [5.74, 6) is 0.222. The minimum absolute atomic E-state index is 0.222. The number of rotatable bonds is 15. The van der Waals surface area contributed by atoms with E-state index in [4.69, 9.17) is 11.6 Å². The molecule has 1 heterocycles. The number of benzene rings is 2. The van der Waals surface area contributed by atoms with Crippen LogP contribution < -0.4 is 4.90 Å². The number of nitrogens with zero attached hydrogens (tertiary/aromatic N) is 2. The maximum absolute atomic E-state index is 12.8. The highest BCUT2D eigenvalue weighted by Gasteiger charge is 2.33. The Morgan fingerprint density at radius 1 is 0.889 bits per heavy atom. The molecule has 2 aromatic rings. The van der Waals surface area contributed by atoms with Crippen LogP contribution in [0.15, 0.2) is 48.5 Å². The number of carbonyl (C=O) groups excluding carboxylic acids is 1. The highest BCUT2D eigenvalue weighted by molar-refractivity contribution is 6.30. The van der Waals surface area contributed by atoms with Crippen LogP contribution in [0.4, 0.5) is 5.69 Å². The van der Waals surface area contributed by atoms with Crippen LogP contribution in [-0.2, 0) is 5.60 Å². The number of hydrogen-bond donors (Lipinski definition) is 1. The Hall–Kier alpha value is -1.88. The van der Waals surface area contributed by atoms with Crippen LogP contribution in [-0.4, -0.2) is 48.5 Å². The molecule has 2 aromatic carbocycles. The lowest BCUT2D eigenvalue weighted by molar-refractivity contribution is -0.0260. The number of piperidine rings is 1. The lowest BCUT2D eigenvalue weighted by Gasteiger charge is -2.38. The molecule has 0 radical (unpaired) electrons. The fourth-order valence-corrected chi connectivity index (χ4v) is 5.26. The van der Waals surface area contributed by atoms with Gasteiger partial charge >= 0.3 is 0 Å². The van der Waals surface area contributed by atoms with Crippen molar-refractivity contribution in [2.75, 3.05) is 37.6 Å². The van der Waals surface area contributed by atoms with Gasteiger partial charge in [-0.25, -0.2) is 0 Å². The molecule has 1 saturated heterocycles. The fourth-order valence-electron chi connectivity index (χ4n) is 5.14. The Bertz CT molecular complexity index is 895. The minimum atomic E-state index is -0.778. The third-order valence-corrected chi connectivity index (χ3v) is 7.81. The minimum Gasteiger partial charge on any atom is -0.385 e. The van der Waals surface area contributed by atoms with Crippen molar-refractivity contribution in [1.82, 2.24) is 4.90 Å². The van der Waals surface area contributed by atoms with Crippen molar-refractivity contribution in [3.63, 3.8) is 0 Å². The van der Waals surface area contributed by atoms with E-state index in [0.717, 1.165) is 50.3 Å². The third kappa shape index (κ3) is 8.61. The number of anilines is 1. The smallest absolute Gasteiger partial charge is 0.162 e. The average Bonchev–Trinajstić information content (AvgIpc) is 2.89. The first kappa shape index (κ1) is 28.7. The molecule has 36 heavy (non-hydrogen) atoms. The number of carbonyl (C=O) groups is 1. The van der Waals surface area contributed by atoms with Gasteiger partial charge in [-0.2, -0.15) is 0 Å². The van der Waals surface area contributed by atoms with Gasteiger partial charge in [0.1, 0.15) is 0 Å². The monoisotopic (exact) mass is 512 g/mol. The quantitative estimate of drug-likeness (QED) is 0.198. The van der Waals surface area contributed by atoms with Crippen LogP contribution in [0, 0.1) is 0 Å². The molecule has 0 bridgehead atoms. The van der Waals surface area contributed by atoms with E-state index in [2.05, 4.69) is 35.8 Å². The highest BCUT2D eigenvalue weighted by Crippen LogP contribution is 2.33. The predicted molar refractivity (Wildman–Crippen MR) is 152 cm³/mol. The molecule has 1 N–H and O–H groups in total. The summed E-state index contributed by atoms with van der Waals surface area (Å²) in [5.41, 5.74) is 2.22. The lowest BCUT2D eigenvalue weighted by atomic mass is 9.84. The van der Waals surface area contributed by atoms with Gasteiger partial charge in [0.05, 0.1) is 5.60 Å². The normalized spacial score (nSPS) is 15.7. The predicted octanol–water partition coefficient (Wildman–Crippen LogP) is 7.47. The highest BCUT2D eigenvalue weighted by atomic mass is 35.5. The Morgan fingerprint density at radius 3 is 2.03 bits per heavy atom. The van der Waals surface area contributed by atoms with E-state index in [9.17, 15) is 9.90 Å². The molecular weight excluding hydrogens is 468 g/mol. The second-order valence-corrected chi connectivity index (χ2v) is 10.8. The van der Waals surface area contributed by atoms with E-state index < -0.39 is 5.60 Å². The SMILES string of the molecule is CCCCCN(CCCCC)c1ccc(C(=O)CCCN2CCC(O)(c3ccc(Cl)cc3)CC2)cc1. The topological polar surface area (TPSA) is 43.8 Å². The van der Waals surface area contributed by atoms with Crippen molar-refractivity contribution in [2.45, 2.75) is 83.7 Å². The molecule has 5 heteroatoms. The summed E-state index contributed by atoms with van der Waals surface area (Å²) in [4.78, 5) is 17.7. The first-order valence-corrected chi connectivity index (χ1v) is 14.4. The van der Waals surface area contributed by atoms with Crippen molar-refractivity contribution in [1.29, 1.82) is 0 Å². The molecule has 0 spiro atoms. The zero-order chi connectivity index (χ0) is 25.8. The van der Waals surface area contributed by atoms with Gasteiger partial charge < -0.3 is 14.9 Å². The molecule has 198 valence electrons. The first-order valence-electron chi connectivity index (χ1n) is 14.0. The summed E-state index contributed by atoms with van der Waals surface area (Å²) in [6.45, 7) is 9.25. The maximum atomic E-state index is 12.8. The number of unbranched alkanes of at least 4 members (excludes halogenated alkanes) is 4. The number of halogens is 1. The number of likely N-dealkylation sites (tertiary alicyclic amines) is 1. The van der Waals surface area contributed by atoms with Crippen LogP contribution in [0.5, 0.6) is 0 Å². The molecule has 0 unspecified atom stereocenters. The van der Waals surface area contributed by atoms with Gasteiger partial charge in [0.2, 0.25) is 0 Å². The summed E-state index contributed by atoms with van der Waals surface area (Å²) >= 11 is 5.99. The van der Waals surface area contributed by atoms with Crippen LogP contribution >= 0.6 is 11.6 Å². The second kappa shape index (κ2) is 14.8. The molecule has 1 aliphatic heterocycles. The van der Waals surface area contributed by atoms with E-state index in [1.807, 2.05) is 36.4 Å². The van der Waals surface area contributed by atoms with Crippen molar-refractivity contribution < 1.29 is 9.90 Å². The molecule has 3 rings (SSSR count). The van der Waals surface area contributed by atoms with Gasteiger partial charge in [0.25, 0.3) is 0 Å². The van der Waals surface area contributed by atoms with Gasteiger partial charge in [-0.15, -0.1) is 0 Å². The van der Waals surface area contributed by atoms with Gasteiger partial charge in [0.15, 0.2) is 5.78 Å². The first-order chi connectivity index (χ1) is 17.4. The number of ketones is 1. The van der Waals surface area contributed by atoms with Crippen molar-refractivity contribution in [3.05, 3.63) is 64.7 Å². The van der Waals surface area contributed by atoms with Crippen LogP contribution in [0.2, 0.25) is 5.02 Å². The Kier molecular flexibility index (Phi) is 11.8. The summed E-state index contributed by atoms with van der Waals surface area (Å²) in [6, 6.07) is 15.8. The molecule has 0 aliphatic carbocycles. The van der Waals surface area contributed by atoms with Crippen molar-refractivity contribution in [2.24, 2.45) is 0 Å². The van der Waals surface area contributed by atoms with Crippen molar-refractivity contribution >= 4 is 23.1 Å². The van der Waals surface area contributed by atoms with Crippen molar-refractivity contribution in [3.8, 4) is 0 Å². The average molecular weight is 513 g/mol. The van der Waals surface area contributed by atoms with Gasteiger partial charge in [-0.05, 0) is 80.6 Å². The van der Waals surface area contributed by atoms with E-state index in [0.29, 0.717) is 24.3 Å². The summed E-state index contributed by atoms with van der Waals surface area (Å²) in [7, 11) is 0. The molecule has 0 aromatic heterocycles. The summed E-state index contributed by atoms with van der Waals surface area (Å²) < 4.78 is 0. The largest absolute Gasteiger partial charge is 0.385 e. The zero-order valence-corrected chi connectivity index (χ0v) is 23.1.